The lowest BCUT2D eigenvalue weighted by atomic mass is 9.98. The molecule has 0 radical (unpaired) electrons. The smallest absolute Gasteiger partial charge is 0.271 e. The van der Waals surface area contributed by atoms with E-state index in [1.165, 1.54) is 12.1 Å². The second-order valence-corrected chi connectivity index (χ2v) is 6.43. The molecule has 1 aliphatic heterocycles. The van der Waals surface area contributed by atoms with Crippen molar-refractivity contribution in [3.05, 3.63) is 77.9 Å². The number of nitrogens with one attached hydrogen (secondary N) is 1. The van der Waals surface area contributed by atoms with Crippen LogP contribution in [0.2, 0.25) is 0 Å². The minimum atomic E-state index is -0.341. The fourth-order valence-corrected chi connectivity index (χ4v) is 3.44. The van der Waals surface area contributed by atoms with Crippen molar-refractivity contribution in [2.75, 3.05) is 6.61 Å². The molecule has 1 aliphatic rings. The molecule has 0 unspecified atom stereocenters. The molecule has 2 atom stereocenters. The summed E-state index contributed by atoms with van der Waals surface area (Å²) in [5.74, 6) is -0.562. The number of nitrogens with zero attached hydrogens (tertiary/aromatic N) is 1. The molecule has 0 aliphatic carbocycles. The van der Waals surface area contributed by atoms with Crippen LogP contribution in [0.3, 0.4) is 0 Å². The Morgan fingerprint density at radius 2 is 1.96 bits per heavy atom. The summed E-state index contributed by atoms with van der Waals surface area (Å²) in [6.45, 7) is 0.671. The van der Waals surface area contributed by atoms with Crippen molar-refractivity contribution in [1.29, 1.82) is 0 Å². The zero-order valence-corrected chi connectivity index (χ0v) is 14.2. The minimum absolute atomic E-state index is 0.126. The van der Waals surface area contributed by atoms with E-state index in [-0.39, 0.29) is 23.9 Å². The third kappa shape index (κ3) is 3.30. The standard InChI is InChI=1S/C21H19FN2O2/c22-16-9-7-15(8-10-16)19(18-6-3-13-26-18)24-21(25)20-17-5-2-1-4-14(17)11-12-23-20/h1-2,4-5,7-12,18-19H,3,6,13H2,(H,24,25)/t18-,19+/m1/s1. The van der Waals surface area contributed by atoms with E-state index in [0.29, 0.717) is 12.3 Å². The SMILES string of the molecule is O=C(N[C@@H](c1ccc(F)cc1)[C@H]1CCCO1)c1nccc2ccccc12. The maximum atomic E-state index is 13.3. The molecule has 5 heteroatoms. The van der Waals surface area contributed by atoms with Crippen LogP contribution in [0.1, 0.15) is 34.9 Å². The number of carbonyl (C=O) groups excluding carboxylic acids is 1. The van der Waals surface area contributed by atoms with E-state index < -0.39 is 0 Å². The summed E-state index contributed by atoms with van der Waals surface area (Å²) in [6, 6.07) is 15.4. The second-order valence-electron chi connectivity index (χ2n) is 6.43. The van der Waals surface area contributed by atoms with Crippen molar-refractivity contribution in [3.63, 3.8) is 0 Å². The summed E-state index contributed by atoms with van der Waals surface area (Å²) in [5.41, 5.74) is 1.21. The Kier molecular flexibility index (Phi) is 4.63. The largest absolute Gasteiger partial charge is 0.376 e. The number of carbonyl (C=O) groups is 1. The number of fused-ring (bicyclic) bond motifs is 1. The van der Waals surface area contributed by atoms with Crippen LogP contribution in [-0.4, -0.2) is 23.6 Å². The number of benzene rings is 2. The van der Waals surface area contributed by atoms with Gasteiger partial charge in [-0.15, -0.1) is 0 Å². The Balaban J connectivity index is 1.66. The summed E-state index contributed by atoms with van der Waals surface area (Å²) >= 11 is 0. The minimum Gasteiger partial charge on any atom is -0.376 e. The van der Waals surface area contributed by atoms with Gasteiger partial charge in [0.1, 0.15) is 11.5 Å². The van der Waals surface area contributed by atoms with Crippen molar-refractivity contribution >= 4 is 16.7 Å². The second kappa shape index (κ2) is 7.22. The van der Waals surface area contributed by atoms with Gasteiger partial charge >= 0.3 is 0 Å². The number of hydrogen-bond acceptors (Lipinski definition) is 3. The molecule has 0 spiro atoms. The number of rotatable bonds is 4. The lowest BCUT2D eigenvalue weighted by molar-refractivity contribution is 0.0670. The molecule has 1 fully saturated rings. The lowest BCUT2D eigenvalue weighted by Gasteiger charge is -2.25. The van der Waals surface area contributed by atoms with Crippen molar-refractivity contribution in [3.8, 4) is 0 Å². The molecule has 0 bridgehead atoms. The number of ether oxygens (including phenoxy) is 1. The van der Waals surface area contributed by atoms with Gasteiger partial charge in [0, 0.05) is 18.2 Å². The summed E-state index contributed by atoms with van der Waals surface area (Å²) in [6.07, 6.45) is 3.31. The van der Waals surface area contributed by atoms with Gasteiger partial charge in [-0.2, -0.15) is 0 Å². The summed E-state index contributed by atoms with van der Waals surface area (Å²) in [7, 11) is 0. The van der Waals surface area contributed by atoms with Gasteiger partial charge in [-0.1, -0.05) is 36.4 Å². The van der Waals surface area contributed by atoms with Gasteiger partial charge in [0.15, 0.2) is 0 Å². The molecule has 0 saturated carbocycles. The predicted molar refractivity (Wildman–Crippen MR) is 97.3 cm³/mol. The summed E-state index contributed by atoms with van der Waals surface area (Å²) in [5, 5.41) is 4.82. The molecule has 132 valence electrons. The highest BCUT2D eigenvalue weighted by Crippen LogP contribution is 2.28. The van der Waals surface area contributed by atoms with E-state index >= 15 is 0 Å². The fourth-order valence-electron chi connectivity index (χ4n) is 3.44. The van der Waals surface area contributed by atoms with Crippen molar-refractivity contribution in [2.24, 2.45) is 0 Å². The summed E-state index contributed by atoms with van der Waals surface area (Å²) < 4.78 is 19.1. The molecule has 3 aromatic rings. The van der Waals surface area contributed by atoms with Crippen LogP contribution in [0.25, 0.3) is 10.8 Å². The van der Waals surface area contributed by atoms with E-state index in [4.69, 9.17) is 4.74 Å². The molecule has 2 heterocycles. The number of aromatic nitrogens is 1. The van der Waals surface area contributed by atoms with Crippen LogP contribution >= 0.6 is 0 Å². The fraction of sp³-hybridized carbons (Fsp3) is 0.238. The van der Waals surface area contributed by atoms with Crippen molar-refractivity contribution in [2.45, 2.75) is 25.0 Å². The molecule has 2 aromatic carbocycles. The monoisotopic (exact) mass is 350 g/mol. The highest BCUT2D eigenvalue weighted by Gasteiger charge is 2.29. The zero-order chi connectivity index (χ0) is 17.9. The number of amides is 1. The zero-order valence-electron chi connectivity index (χ0n) is 14.2. The Morgan fingerprint density at radius 1 is 1.15 bits per heavy atom. The Hall–Kier alpha value is -2.79. The van der Waals surface area contributed by atoms with Crippen LogP contribution in [0.5, 0.6) is 0 Å². The predicted octanol–water partition coefficient (Wildman–Crippen LogP) is 4.02. The molecule has 1 amide bonds. The lowest BCUT2D eigenvalue weighted by Crippen LogP contribution is -2.36. The molecule has 1 aromatic heterocycles. The first-order chi connectivity index (χ1) is 12.7. The molecule has 26 heavy (non-hydrogen) atoms. The Morgan fingerprint density at radius 3 is 2.73 bits per heavy atom. The first kappa shape index (κ1) is 16.7. The highest BCUT2D eigenvalue weighted by molar-refractivity contribution is 6.05. The van der Waals surface area contributed by atoms with E-state index in [1.54, 1.807) is 18.3 Å². The maximum absolute atomic E-state index is 13.3. The first-order valence-electron chi connectivity index (χ1n) is 8.74. The highest BCUT2D eigenvalue weighted by atomic mass is 19.1. The third-order valence-corrected chi connectivity index (χ3v) is 4.74. The van der Waals surface area contributed by atoms with E-state index in [1.807, 2.05) is 30.3 Å². The quantitative estimate of drug-likeness (QED) is 0.773. The van der Waals surface area contributed by atoms with Gasteiger partial charge in [-0.25, -0.2) is 4.39 Å². The van der Waals surface area contributed by atoms with Gasteiger partial charge in [0.2, 0.25) is 0 Å². The molecular weight excluding hydrogens is 331 g/mol. The van der Waals surface area contributed by atoms with Gasteiger partial charge in [0.05, 0.1) is 12.1 Å². The third-order valence-electron chi connectivity index (χ3n) is 4.74. The van der Waals surface area contributed by atoms with Gasteiger partial charge in [-0.3, -0.25) is 9.78 Å². The Labute approximate surface area is 151 Å². The average Bonchev–Trinajstić information content (AvgIpc) is 3.21. The summed E-state index contributed by atoms with van der Waals surface area (Å²) in [4.78, 5) is 17.2. The topological polar surface area (TPSA) is 51.2 Å². The Bertz CT molecular complexity index is 915. The van der Waals surface area contributed by atoms with Gasteiger partial charge < -0.3 is 10.1 Å². The van der Waals surface area contributed by atoms with Gasteiger partial charge in [0.25, 0.3) is 5.91 Å². The molecule has 4 nitrogen and oxygen atoms in total. The van der Waals surface area contributed by atoms with Crippen LogP contribution in [0, 0.1) is 5.82 Å². The molecule has 1 saturated heterocycles. The normalized spacial score (nSPS) is 18.0. The van der Waals surface area contributed by atoms with Crippen molar-refractivity contribution in [1.82, 2.24) is 10.3 Å². The number of halogens is 1. The first-order valence-corrected chi connectivity index (χ1v) is 8.74. The number of hydrogen-bond donors (Lipinski definition) is 1. The maximum Gasteiger partial charge on any atom is 0.271 e. The van der Waals surface area contributed by atoms with Crippen LogP contribution in [0.4, 0.5) is 4.39 Å². The van der Waals surface area contributed by atoms with E-state index in [2.05, 4.69) is 10.3 Å². The van der Waals surface area contributed by atoms with Gasteiger partial charge in [-0.05, 0) is 42.0 Å². The average molecular weight is 350 g/mol. The van der Waals surface area contributed by atoms with Crippen LogP contribution < -0.4 is 5.32 Å². The van der Waals surface area contributed by atoms with Crippen LogP contribution in [-0.2, 0) is 4.74 Å². The molecule has 4 rings (SSSR count). The number of pyridine rings is 1. The van der Waals surface area contributed by atoms with E-state index in [0.717, 1.165) is 29.2 Å². The molecule has 1 N–H and O–H groups in total. The van der Waals surface area contributed by atoms with E-state index in [9.17, 15) is 9.18 Å². The van der Waals surface area contributed by atoms with Crippen molar-refractivity contribution < 1.29 is 13.9 Å². The molecular formula is C21H19FN2O2. The van der Waals surface area contributed by atoms with Crippen LogP contribution in [0.15, 0.2) is 60.8 Å².